The first-order chi connectivity index (χ1) is 7.33. The van der Waals surface area contributed by atoms with E-state index in [4.69, 9.17) is 0 Å². The minimum absolute atomic E-state index is 0.614. The molecule has 2 nitrogen and oxygen atoms in total. The largest absolute Gasteiger partial charge is 0.347 e. The lowest BCUT2D eigenvalue weighted by atomic mass is 10.1. The van der Waals surface area contributed by atoms with Gasteiger partial charge in [-0.25, -0.2) is 0 Å². The summed E-state index contributed by atoms with van der Waals surface area (Å²) in [5.74, 6) is 0.614. The van der Waals surface area contributed by atoms with E-state index in [0.29, 0.717) is 5.92 Å². The van der Waals surface area contributed by atoms with Crippen LogP contribution < -0.4 is 0 Å². The lowest BCUT2D eigenvalue weighted by molar-refractivity contribution is 0.112. The molecule has 0 bridgehead atoms. The van der Waals surface area contributed by atoms with Gasteiger partial charge in [0, 0.05) is 29.2 Å². The van der Waals surface area contributed by atoms with Crippen LogP contribution in [0.15, 0.2) is 24.3 Å². The van der Waals surface area contributed by atoms with Crippen LogP contribution in [0.3, 0.4) is 0 Å². The van der Waals surface area contributed by atoms with Crippen molar-refractivity contribution >= 4 is 17.2 Å². The summed E-state index contributed by atoms with van der Waals surface area (Å²) < 4.78 is 2.18. The van der Waals surface area contributed by atoms with Gasteiger partial charge in [0.2, 0.25) is 0 Å². The van der Waals surface area contributed by atoms with E-state index in [-0.39, 0.29) is 0 Å². The van der Waals surface area contributed by atoms with E-state index in [1.54, 1.807) is 0 Å². The van der Waals surface area contributed by atoms with E-state index in [1.165, 1.54) is 24.1 Å². The molecule has 2 heteroatoms. The van der Waals surface area contributed by atoms with E-state index in [2.05, 4.69) is 17.7 Å². The van der Waals surface area contributed by atoms with E-state index in [1.807, 2.05) is 18.2 Å². The minimum atomic E-state index is 0.614. The number of aromatic nitrogens is 1. The number of aryl methyl sites for hydroxylation is 1. The van der Waals surface area contributed by atoms with Crippen LogP contribution >= 0.6 is 0 Å². The monoisotopic (exact) mass is 199 g/mol. The Hall–Kier alpha value is -1.57. The first-order valence-corrected chi connectivity index (χ1v) is 5.35. The summed E-state index contributed by atoms with van der Waals surface area (Å²) in [6.45, 7) is 0. The number of carbonyl (C=O) groups is 1. The van der Waals surface area contributed by atoms with Gasteiger partial charge in [-0.1, -0.05) is 18.2 Å². The lowest BCUT2D eigenvalue weighted by Gasteiger charge is -2.02. The summed E-state index contributed by atoms with van der Waals surface area (Å²) in [6.07, 6.45) is 3.46. The summed E-state index contributed by atoms with van der Waals surface area (Å²) in [5, 5.41) is 1.09. The van der Waals surface area contributed by atoms with E-state index >= 15 is 0 Å². The molecule has 1 aliphatic rings. The second kappa shape index (κ2) is 2.96. The van der Waals surface area contributed by atoms with E-state index < -0.39 is 0 Å². The Morgan fingerprint density at radius 3 is 2.73 bits per heavy atom. The Labute approximate surface area is 88.5 Å². The fourth-order valence-corrected chi connectivity index (χ4v) is 2.42. The van der Waals surface area contributed by atoms with Crippen molar-refractivity contribution in [1.82, 2.24) is 4.57 Å². The zero-order valence-corrected chi connectivity index (χ0v) is 8.73. The Kier molecular flexibility index (Phi) is 1.72. The summed E-state index contributed by atoms with van der Waals surface area (Å²) in [7, 11) is 2.06. The van der Waals surface area contributed by atoms with Crippen molar-refractivity contribution in [2.45, 2.75) is 18.8 Å². The molecule has 0 amide bonds. The molecule has 0 atom stereocenters. The number of hydrogen-bond donors (Lipinski definition) is 0. The van der Waals surface area contributed by atoms with Gasteiger partial charge in [-0.15, -0.1) is 0 Å². The first-order valence-electron chi connectivity index (χ1n) is 5.35. The molecule has 2 aromatic rings. The number of carbonyl (C=O) groups excluding carboxylic acids is 1. The van der Waals surface area contributed by atoms with Crippen LogP contribution in [-0.2, 0) is 7.05 Å². The zero-order chi connectivity index (χ0) is 10.4. The SMILES string of the molecule is Cn1c(C2CC2)c(C=O)c2ccccc21. The fourth-order valence-electron chi connectivity index (χ4n) is 2.42. The first kappa shape index (κ1) is 8.72. The quantitative estimate of drug-likeness (QED) is 0.682. The highest BCUT2D eigenvalue weighted by Gasteiger charge is 2.30. The molecule has 3 rings (SSSR count). The Morgan fingerprint density at radius 1 is 1.33 bits per heavy atom. The molecule has 0 radical (unpaired) electrons. The molecule has 1 fully saturated rings. The number of hydrogen-bond acceptors (Lipinski definition) is 1. The second-order valence-corrected chi connectivity index (χ2v) is 4.27. The number of rotatable bonds is 2. The molecule has 1 aromatic carbocycles. The highest BCUT2D eigenvalue weighted by molar-refractivity contribution is 5.99. The maximum absolute atomic E-state index is 11.2. The predicted molar refractivity (Wildman–Crippen MR) is 60.3 cm³/mol. The molecule has 0 spiro atoms. The van der Waals surface area contributed by atoms with Crippen LogP contribution in [0, 0.1) is 0 Å². The number of fused-ring (bicyclic) bond motifs is 1. The maximum atomic E-state index is 11.2. The van der Waals surface area contributed by atoms with Crippen molar-refractivity contribution < 1.29 is 4.79 Å². The third-order valence-corrected chi connectivity index (χ3v) is 3.27. The molecule has 0 saturated heterocycles. The third-order valence-electron chi connectivity index (χ3n) is 3.27. The standard InChI is InChI=1S/C13H13NO/c1-14-12-5-3-2-4-10(12)11(8-15)13(14)9-6-7-9/h2-5,8-9H,6-7H2,1H3. The molecule has 1 heterocycles. The van der Waals surface area contributed by atoms with Crippen molar-refractivity contribution in [2.24, 2.45) is 7.05 Å². The molecule has 15 heavy (non-hydrogen) atoms. The average molecular weight is 199 g/mol. The number of nitrogens with zero attached hydrogens (tertiary/aromatic N) is 1. The molecule has 76 valence electrons. The smallest absolute Gasteiger partial charge is 0.152 e. The van der Waals surface area contributed by atoms with Gasteiger partial charge in [-0.3, -0.25) is 4.79 Å². The van der Waals surface area contributed by atoms with Gasteiger partial charge in [0.25, 0.3) is 0 Å². The number of benzene rings is 1. The molecule has 1 aliphatic carbocycles. The highest BCUT2D eigenvalue weighted by atomic mass is 16.1. The van der Waals surface area contributed by atoms with Crippen molar-refractivity contribution in [1.29, 1.82) is 0 Å². The van der Waals surface area contributed by atoms with Crippen LogP contribution in [-0.4, -0.2) is 10.9 Å². The molecule has 0 N–H and O–H groups in total. The number of para-hydroxylation sites is 1. The zero-order valence-electron chi connectivity index (χ0n) is 8.73. The van der Waals surface area contributed by atoms with Gasteiger partial charge in [0.1, 0.15) is 0 Å². The van der Waals surface area contributed by atoms with Crippen molar-refractivity contribution in [3.05, 3.63) is 35.5 Å². The van der Waals surface area contributed by atoms with Crippen LogP contribution in [0.5, 0.6) is 0 Å². The predicted octanol–water partition coefficient (Wildman–Crippen LogP) is 2.87. The van der Waals surface area contributed by atoms with Crippen molar-refractivity contribution in [2.75, 3.05) is 0 Å². The summed E-state index contributed by atoms with van der Waals surface area (Å²) in [4.78, 5) is 11.2. The molecule has 1 aromatic heterocycles. The Morgan fingerprint density at radius 2 is 2.07 bits per heavy atom. The second-order valence-electron chi connectivity index (χ2n) is 4.27. The lowest BCUT2D eigenvalue weighted by Crippen LogP contribution is -1.96. The van der Waals surface area contributed by atoms with Crippen LogP contribution in [0.25, 0.3) is 10.9 Å². The topological polar surface area (TPSA) is 22.0 Å². The summed E-state index contributed by atoms with van der Waals surface area (Å²) in [5.41, 5.74) is 3.29. The van der Waals surface area contributed by atoms with E-state index in [0.717, 1.165) is 17.2 Å². The third kappa shape index (κ3) is 1.14. The van der Waals surface area contributed by atoms with Gasteiger partial charge < -0.3 is 4.57 Å². The maximum Gasteiger partial charge on any atom is 0.152 e. The molecule has 0 unspecified atom stereocenters. The summed E-state index contributed by atoms with van der Waals surface area (Å²) >= 11 is 0. The summed E-state index contributed by atoms with van der Waals surface area (Å²) in [6, 6.07) is 8.12. The van der Waals surface area contributed by atoms with Gasteiger partial charge in [0.15, 0.2) is 6.29 Å². The Balaban J connectivity index is 2.41. The molecular formula is C13H13NO. The fraction of sp³-hybridized carbons (Fsp3) is 0.308. The Bertz CT molecular complexity index is 535. The van der Waals surface area contributed by atoms with Crippen LogP contribution in [0.2, 0.25) is 0 Å². The minimum Gasteiger partial charge on any atom is -0.347 e. The van der Waals surface area contributed by atoms with E-state index in [9.17, 15) is 4.79 Å². The van der Waals surface area contributed by atoms with Gasteiger partial charge in [-0.05, 0) is 24.8 Å². The average Bonchev–Trinajstić information content (AvgIpc) is 3.05. The molecule has 1 saturated carbocycles. The normalized spacial score (nSPS) is 15.8. The van der Waals surface area contributed by atoms with Gasteiger partial charge >= 0.3 is 0 Å². The number of aldehydes is 1. The van der Waals surface area contributed by atoms with Crippen LogP contribution in [0.1, 0.15) is 34.8 Å². The highest BCUT2D eigenvalue weighted by Crippen LogP contribution is 2.43. The van der Waals surface area contributed by atoms with Gasteiger partial charge in [-0.2, -0.15) is 0 Å². The van der Waals surface area contributed by atoms with Gasteiger partial charge in [0.05, 0.1) is 0 Å². The van der Waals surface area contributed by atoms with Crippen molar-refractivity contribution in [3.63, 3.8) is 0 Å². The van der Waals surface area contributed by atoms with Crippen molar-refractivity contribution in [3.8, 4) is 0 Å². The van der Waals surface area contributed by atoms with Crippen LogP contribution in [0.4, 0.5) is 0 Å². The molecular weight excluding hydrogens is 186 g/mol. The molecule has 0 aliphatic heterocycles.